The molecule has 0 aliphatic rings. The maximum Gasteiger partial charge on any atom is 0.249 e. The smallest absolute Gasteiger partial charge is 0.249 e. The van der Waals surface area contributed by atoms with Crippen molar-refractivity contribution in [2.24, 2.45) is 0 Å². The molecule has 0 heterocycles. The lowest BCUT2D eigenvalue weighted by Gasteiger charge is -2.17. The molecule has 3 amide bonds. The van der Waals surface area contributed by atoms with Crippen molar-refractivity contribution < 1.29 is 14.4 Å². The molecule has 25 heavy (non-hydrogen) atoms. The zero-order valence-corrected chi connectivity index (χ0v) is 14.5. The third kappa shape index (κ3) is 6.39. The van der Waals surface area contributed by atoms with Gasteiger partial charge in [0.25, 0.3) is 0 Å². The van der Waals surface area contributed by atoms with Crippen LogP contribution in [0.3, 0.4) is 0 Å². The molecule has 0 saturated carbocycles. The van der Waals surface area contributed by atoms with E-state index in [1.807, 2.05) is 30.3 Å². The number of halogens is 1. The maximum atomic E-state index is 12.4. The van der Waals surface area contributed by atoms with Crippen LogP contribution in [0.25, 0.3) is 0 Å². The van der Waals surface area contributed by atoms with Crippen molar-refractivity contribution in [2.75, 3.05) is 0 Å². The van der Waals surface area contributed by atoms with Crippen molar-refractivity contribution in [3.8, 4) is 0 Å². The van der Waals surface area contributed by atoms with Crippen molar-refractivity contribution in [1.82, 2.24) is 10.6 Å². The van der Waals surface area contributed by atoms with Crippen molar-refractivity contribution in [2.45, 2.75) is 25.8 Å². The van der Waals surface area contributed by atoms with Crippen molar-refractivity contribution in [3.63, 3.8) is 0 Å². The number of benzene rings is 2. The Labute approximate surface area is 151 Å². The molecule has 2 N–H and O–H groups in total. The number of imide groups is 1. The summed E-state index contributed by atoms with van der Waals surface area (Å²) in [7, 11) is 0. The Balaban J connectivity index is 2.00. The van der Waals surface area contributed by atoms with Crippen molar-refractivity contribution in [3.05, 3.63) is 70.7 Å². The fourth-order valence-electron chi connectivity index (χ4n) is 2.36. The van der Waals surface area contributed by atoms with Gasteiger partial charge >= 0.3 is 0 Å². The minimum atomic E-state index is -0.835. The topological polar surface area (TPSA) is 75.3 Å². The minimum Gasteiger partial charge on any atom is -0.344 e. The highest BCUT2D eigenvalue weighted by molar-refractivity contribution is 6.30. The second-order valence-electron chi connectivity index (χ2n) is 5.66. The van der Waals surface area contributed by atoms with Crippen LogP contribution in [0.15, 0.2) is 54.6 Å². The van der Waals surface area contributed by atoms with Crippen LogP contribution in [-0.4, -0.2) is 23.8 Å². The average molecular weight is 359 g/mol. The molecule has 0 saturated heterocycles. The Morgan fingerprint density at radius 2 is 1.60 bits per heavy atom. The van der Waals surface area contributed by atoms with E-state index in [9.17, 15) is 14.4 Å². The van der Waals surface area contributed by atoms with Crippen LogP contribution >= 0.6 is 11.6 Å². The van der Waals surface area contributed by atoms with Gasteiger partial charge in [0.1, 0.15) is 6.04 Å². The number of carbonyl (C=O) groups is 3. The molecule has 5 nitrogen and oxygen atoms in total. The first-order valence-corrected chi connectivity index (χ1v) is 8.21. The Morgan fingerprint density at radius 1 is 0.960 bits per heavy atom. The molecule has 0 spiro atoms. The molecule has 2 rings (SSSR count). The van der Waals surface area contributed by atoms with Gasteiger partial charge in [-0.15, -0.1) is 0 Å². The first-order chi connectivity index (χ1) is 11.9. The van der Waals surface area contributed by atoms with E-state index in [2.05, 4.69) is 10.6 Å². The number of amides is 3. The molecule has 0 aromatic heterocycles. The summed E-state index contributed by atoms with van der Waals surface area (Å²) in [5.41, 5.74) is 1.63. The fraction of sp³-hybridized carbons (Fsp3) is 0.211. The zero-order valence-electron chi connectivity index (χ0n) is 13.8. The molecule has 0 radical (unpaired) electrons. The van der Waals surface area contributed by atoms with Crippen LogP contribution in [0.4, 0.5) is 0 Å². The molecule has 6 heteroatoms. The maximum absolute atomic E-state index is 12.4. The van der Waals surface area contributed by atoms with E-state index in [-0.39, 0.29) is 18.7 Å². The van der Waals surface area contributed by atoms with E-state index in [0.29, 0.717) is 5.02 Å². The van der Waals surface area contributed by atoms with Crippen LogP contribution in [0, 0.1) is 0 Å². The number of nitrogens with one attached hydrogen (secondary N) is 2. The highest BCUT2D eigenvalue weighted by Gasteiger charge is 2.22. The summed E-state index contributed by atoms with van der Waals surface area (Å²) in [5.74, 6) is -1.29. The van der Waals surface area contributed by atoms with E-state index in [0.717, 1.165) is 11.1 Å². The Kier molecular flexibility index (Phi) is 6.71. The number of rotatable bonds is 6. The Morgan fingerprint density at radius 3 is 2.20 bits per heavy atom. The van der Waals surface area contributed by atoms with Gasteiger partial charge in [0.05, 0.1) is 6.42 Å². The molecule has 0 aliphatic carbocycles. The van der Waals surface area contributed by atoms with Crippen LogP contribution in [0.1, 0.15) is 18.1 Å². The van der Waals surface area contributed by atoms with Gasteiger partial charge in [-0.1, -0.05) is 54.1 Å². The van der Waals surface area contributed by atoms with Gasteiger partial charge in [-0.05, 0) is 23.3 Å². The summed E-state index contributed by atoms with van der Waals surface area (Å²) in [4.78, 5) is 35.8. The third-order valence-electron chi connectivity index (χ3n) is 3.52. The van der Waals surface area contributed by atoms with Crippen LogP contribution < -0.4 is 10.6 Å². The van der Waals surface area contributed by atoms with Crippen LogP contribution in [0.2, 0.25) is 5.02 Å². The van der Waals surface area contributed by atoms with Crippen LogP contribution in [0.5, 0.6) is 0 Å². The van der Waals surface area contributed by atoms with Crippen LogP contribution in [-0.2, 0) is 27.2 Å². The van der Waals surface area contributed by atoms with E-state index in [4.69, 9.17) is 11.6 Å². The van der Waals surface area contributed by atoms with E-state index in [1.165, 1.54) is 6.92 Å². The standard InChI is InChI=1S/C19H19ClN2O3/c1-13(23)21-17(11-15-7-9-16(20)10-8-15)19(25)22-18(24)12-14-5-3-2-4-6-14/h2-10,17H,11-12H2,1H3,(H,21,23)(H,22,24,25). The molecule has 0 fully saturated rings. The number of hydrogen-bond donors (Lipinski definition) is 2. The predicted octanol–water partition coefficient (Wildman–Crippen LogP) is 2.27. The van der Waals surface area contributed by atoms with Crippen molar-refractivity contribution in [1.29, 1.82) is 0 Å². The monoisotopic (exact) mass is 358 g/mol. The summed E-state index contributed by atoms with van der Waals surface area (Å²) >= 11 is 5.85. The van der Waals surface area contributed by atoms with E-state index < -0.39 is 17.9 Å². The fourth-order valence-corrected chi connectivity index (χ4v) is 2.49. The predicted molar refractivity (Wildman–Crippen MR) is 96.1 cm³/mol. The molecule has 0 bridgehead atoms. The molecule has 130 valence electrons. The lowest BCUT2D eigenvalue weighted by atomic mass is 10.0. The molecule has 2 aromatic rings. The molecule has 1 atom stereocenters. The van der Waals surface area contributed by atoms with Gasteiger partial charge in [-0.2, -0.15) is 0 Å². The van der Waals surface area contributed by atoms with E-state index in [1.54, 1.807) is 24.3 Å². The first kappa shape index (κ1) is 18.7. The molecule has 0 aliphatic heterocycles. The highest BCUT2D eigenvalue weighted by atomic mass is 35.5. The summed E-state index contributed by atoms with van der Waals surface area (Å²) < 4.78 is 0. The Bertz CT molecular complexity index is 745. The lowest BCUT2D eigenvalue weighted by molar-refractivity contribution is -0.133. The van der Waals surface area contributed by atoms with Gasteiger partial charge in [0, 0.05) is 18.4 Å². The summed E-state index contributed by atoms with van der Waals surface area (Å²) in [5, 5.41) is 5.51. The van der Waals surface area contributed by atoms with E-state index >= 15 is 0 Å². The van der Waals surface area contributed by atoms with Gasteiger partial charge in [0.15, 0.2) is 0 Å². The largest absolute Gasteiger partial charge is 0.344 e. The SMILES string of the molecule is CC(=O)NC(Cc1ccc(Cl)cc1)C(=O)NC(=O)Cc1ccccc1. The molecule has 1 unspecified atom stereocenters. The lowest BCUT2D eigenvalue weighted by Crippen LogP contribution is -2.49. The first-order valence-electron chi connectivity index (χ1n) is 7.83. The zero-order chi connectivity index (χ0) is 18.2. The summed E-state index contributed by atoms with van der Waals surface area (Å²) in [6.45, 7) is 1.33. The average Bonchev–Trinajstić information content (AvgIpc) is 2.56. The second-order valence-corrected chi connectivity index (χ2v) is 6.09. The minimum absolute atomic E-state index is 0.0975. The molecule has 2 aromatic carbocycles. The van der Waals surface area contributed by atoms with Gasteiger partial charge in [-0.3, -0.25) is 19.7 Å². The normalized spacial score (nSPS) is 11.4. The third-order valence-corrected chi connectivity index (χ3v) is 3.77. The van der Waals surface area contributed by atoms with Gasteiger partial charge in [0.2, 0.25) is 17.7 Å². The summed E-state index contributed by atoms with van der Waals surface area (Å²) in [6, 6.07) is 15.2. The second kappa shape index (κ2) is 8.99. The summed E-state index contributed by atoms with van der Waals surface area (Å²) in [6.07, 6.45) is 0.363. The quantitative estimate of drug-likeness (QED) is 0.831. The van der Waals surface area contributed by atoms with Crippen molar-refractivity contribution >= 4 is 29.3 Å². The highest BCUT2D eigenvalue weighted by Crippen LogP contribution is 2.11. The van der Waals surface area contributed by atoms with Gasteiger partial charge in [-0.25, -0.2) is 0 Å². The Hall–Kier alpha value is -2.66. The van der Waals surface area contributed by atoms with Gasteiger partial charge < -0.3 is 5.32 Å². The number of hydrogen-bond acceptors (Lipinski definition) is 3. The number of carbonyl (C=O) groups excluding carboxylic acids is 3. The molecular weight excluding hydrogens is 340 g/mol. The molecular formula is C19H19ClN2O3.